The van der Waals surface area contributed by atoms with Crippen molar-refractivity contribution in [2.24, 2.45) is 0 Å². The Bertz CT molecular complexity index is 703. The Morgan fingerprint density at radius 3 is 2.70 bits per heavy atom. The maximum absolute atomic E-state index is 12.7. The van der Waals surface area contributed by atoms with Gasteiger partial charge in [-0.15, -0.1) is 5.10 Å². The third kappa shape index (κ3) is 2.44. The zero-order valence-electron chi connectivity index (χ0n) is 13.1. The summed E-state index contributed by atoms with van der Waals surface area (Å²) in [7, 11) is 0. The Balaban J connectivity index is 1.54. The van der Waals surface area contributed by atoms with Crippen LogP contribution in [0.15, 0.2) is 36.5 Å². The molecule has 0 radical (unpaired) electrons. The molecule has 2 aliphatic rings. The molecule has 2 aliphatic heterocycles. The van der Waals surface area contributed by atoms with Crippen molar-refractivity contribution >= 4 is 11.7 Å². The standard InChI is InChI=1S/C17H19N5O/c1-12-5-6-16(20-19-12)21-10-7-15-14(21)8-11-22(15)17(23)13-4-2-3-9-18-13/h2-6,9,14-15H,7-8,10-11H2,1H3/t14-,15+/m0/s1. The number of rotatable bonds is 2. The highest BCUT2D eigenvalue weighted by Crippen LogP contribution is 2.34. The van der Waals surface area contributed by atoms with Gasteiger partial charge in [-0.25, -0.2) is 0 Å². The highest BCUT2D eigenvalue weighted by molar-refractivity contribution is 5.92. The first-order valence-corrected chi connectivity index (χ1v) is 8.03. The minimum Gasteiger partial charge on any atom is -0.350 e. The number of likely N-dealkylation sites (tertiary alicyclic amines) is 1. The maximum atomic E-state index is 12.7. The zero-order chi connectivity index (χ0) is 15.8. The van der Waals surface area contributed by atoms with E-state index >= 15 is 0 Å². The van der Waals surface area contributed by atoms with E-state index in [0.717, 1.165) is 37.4 Å². The van der Waals surface area contributed by atoms with E-state index in [1.165, 1.54) is 0 Å². The lowest BCUT2D eigenvalue weighted by Gasteiger charge is -2.25. The summed E-state index contributed by atoms with van der Waals surface area (Å²) in [5, 5.41) is 8.47. The molecule has 6 heteroatoms. The van der Waals surface area contributed by atoms with Crippen LogP contribution < -0.4 is 4.90 Å². The van der Waals surface area contributed by atoms with Crippen LogP contribution in [-0.2, 0) is 0 Å². The number of pyridine rings is 1. The molecule has 4 heterocycles. The Kier molecular flexibility index (Phi) is 3.44. The lowest BCUT2D eigenvalue weighted by Crippen LogP contribution is -2.40. The lowest BCUT2D eigenvalue weighted by molar-refractivity contribution is 0.0731. The number of carbonyl (C=O) groups excluding carboxylic acids is 1. The van der Waals surface area contributed by atoms with Gasteiger partial charge in [-0.2, -0.15) is 5.10 Å². The molecule has 0 saturated carbocycles. The fourth-order valence-electron chi connectivity index (χ4n) is 3.70. The fourth-order valence-corrected chi connectivity index (χ4v) is 3.70. The second-order valence-corrected chi connectivity index (χ2v) is 6.15. The third-order valence-electron chi connectivity index (χ3n) is 4.80. The van der Waals surface area contributed by atoms with Gasteiger partial charge >= 0.3 is 0 Å². The second kappa shape index (κ2) is 5.61. The molecule has 2 saturated heterocycles. The molecule has 2 fully saturated rings. The molecular formula is C17H19N5O. The van der Waals surface area contributed by atoms with Crippen molar-refractivity contribution in [2.75, 3.05) is 18.0 Å². The first kappa shape index (κ1) is 14.1. The van der Waals surface area contributed by atoms with Crippen LogP contribution in [0.1, 0.15) is 29.0 Å². The molecule has 0 bridgehead atoms. The smallest absolute Gasteiger partial charge is 0.272 e. The predicted molar refractivity (Wildman–Crippen MR) is 86.2 cm³/mol. The van der Waals surface area contributed by atoms with Gasteiger partial charge in [0.1, 0.15) is 5.69 Å². The number of anilines is 1. The van der Waals surface area contributed by atoms with Crippen LogP contribution in [0.3, 0.4) is 0 Å². The second-order valence-electron chi connectivity index (χ2n) is 6.15. The van der Waals surface area contributed by atoms with Crippen molar-refractivity contribution in [2.45, 2.75) is 31.8 Å². The summed E-state index contributed by atoms with van der Waals surface area (Å²) in [6.07, 6.45) is 3.61. The van der Waals surface area contributed by atoms with Gasteiger partial charge < -0.3 is 9.80 Å². The first-order chi connectivity index (χ1) is 11.2. The number of nitrogens with zero attached hydrogens (tertiary/aromatic N) is 5. The third-order valence-corrected chi connectivity index (χ3v) is 4.80. The van der Waals surface area contributed by atoms with E-state index in [9.17, 15) is 4.79 Å². The Labute approximate surface area is 135 Å². The molecule has 2 aromatic heterocycles. The summed E-state index contributed by atoms with van der Waals surface area (Å²) in [5.74, 6) is 0.949. The summed E-state index contributed by atoms with van der Waals surface area (Å²) >= 11 is 0. The zero-order valence-corrected chi connectivity index (χ0v) is 13.1. The van der Waals surface area contributed by atoms with Crippen LogP contribution in [0.2, 0.25) is 0 Å². The van der Waals surface area contributed by atoms with Gasteiger partial charge in [-0.05, 0) is 44.0 Å². The van der Waals surface area contributed by atoms with Crippen molar-refractivity contribution in [3.63, 3.8) is 0 Å². The number of carbonyl (C=O) groups is 1. The van der Waals surface area contributed by atoms with Gasteiger partial charge in [0.25, 0.3) is 5.91 Å². The van der Waals surface area contributed by atoms with E-state index in [2.05, 4.69) is 20.1 Å². The van der Waals surface area contributed by atoms with Crippen LogP contribution in [0.4, 0.5) is 5.82 Å². The average Bonchev–Trinajstić information content (AvgIpc) is 3.18. The number of aryl methyl sites for hydroxylation is 1. The van der Waals surface area contributed by atoms with Gasteiger partial charge in [-0.1, -0.05) is 6.07 Å². The number of hydrogen-bond acceptors (Lipinski definition) is 5. The predicted octanol–water partition coefficient (Wildman–Crippen LogP) is 1.67. The van der Waals surface area contributed by atoms with Crippen LogP contribution in [0, 0.1) is 6.92 Å². The van der Waals surface area contributed by atoms with Crippen molar-refractivity contribution < 1.29 is 4.79 Å². The van der Waals surface area contributed by atoms with Gasteiger partial charge in [0, 0.05) is 19.3 Å². The Morgan fingerprint density at radius 2 is 1.96 bits per heavy atom. The van der Waals surface area contributed by atoms with Crippen molar-refractivity contribution in [3.8, 4) is 0 Å². The molecule has 0 aliphatic carbocycles. The van der Waals surface area contributed by atoms with Crippen molar-refractivity contribution in [1.29, 1.82) is 0 Å². The number of fused-ring (bicyclic) bond motifs is 1. The van der Waals surface area contributed by atoms with Crippen molar-refractivity contribution in [1.82, 2.24) is 20.1 Å². The highest BCUT2D eigenvalue weighted by Gasteiger charge is 2.45. The topological polar surface area (TPSA) is 62.2 Å². The first-order valence-electron chi connectivity index (χ1n) is 8.03. The van der Waals surface area contributed by atoms with Crippen LogP contribution in [-0.4, -0.2) is 51.2 Å². The van der Waals surface area contributed by atoms with Crippen LogP contribution in [0.5, 0.6) is 0 Å². The van der Waals surface area contributed by atoms with Crippen LogP contribution >= 0.6 is 0 Å². The normalized spacial score (nSPS) is 23.2. The van der Waals surface area contributed by atoms with E-state index in [4.69, 9.17) is 0 Å². The molecular weight excluding hydrogens is 290 g/mol. The molecule has 2 aromatic rings. The molecule has 118 valence electrons. The Hall–Kier alpha value is -2.50. The Morgan fingerprint density at radius 1 is 1.09 bits per heavy atom. The van der Waals surface area contributed by atoms with E-state index < -0.39 is 0 Å². The van der Waals surface area contributed by atoms with Crippen molar-refractivity contribution in [3.05, 3.63) is 47.9 Å². The van der Waals surface area contributed by atoms with Gasteiger partial charge in [0.2, 0.25) is 0 Å². The number of hydrogen-bond donors (Lipinski definition) is 0. The van der Waals surface area contributed by atoms with Gasteiger partial charge in [0.05, 0.1) is 17.8 Å². The monoisotopic (exact) mass is 309 g/mol. The summed E-state index contributed by atoms with van der Waals surface area (Å²) in [6, 6.07) is 10.1. The van der Waals surface area contributed by atoms with E-state index in [0.29, 0.717) is 11.7 Å². The summed E-state index contributed by atoms with van der Waals surface area (Å²) < 4.78 is 0. The summed E-state index contributed by atoms with van der Waals surface area (Å²) in [5.41, 5.74) is 1.45. The van der Waals surface area contributed by atoms with E-state index in [1.54, 1.807) is 12.3 Å². The van der Waals surface area contributed by atoms with Crippen LogP contribution in [0.25, 0.3) is 0 Å². The molecule has 0 aromatic carbocycles. The van der Waals surface area contributed by atoms with Gasteiger partial charge in [0.15, 0.2) is 5.82 Å². The molecule has 1 amide bonds. The minimum absolute atomic E-state index is 0.0370. The molecule has 23 heavy (non-hydrogen) atoms. The quantitative estimate of drug-likeness (QED) is 0.844. The number of amides is 1. The minimum atomic E-state index is 0.0370. The van der Waals surface area contributed by atoms with E-state index in [1.807, 2.05) is 36.1 Å². The lowest BCUT2D eigenvalue weighted by atomic mass is 10.1. The molecule has 4 rings (SSSR count). The van der Waals surface area contributed by atoms with Gasteiger partial charge in [-0.3, -0.25) is 9.78 Å². The molecule has 2 atom stereocenters. The number of aromatic nitrogens is 3. The molecule has 6 nitrogen and oxygen atoms in total. The molecule has 0 spiro atoms. The largest absolute Gasteiger partial charge is 0.350 e. The molecule has 0 N–H and O–H groups in total. The SMILES string of the molecule is Cc1ccc(N2CC[C@@H]3[C@@H]2CCN3C(=O)c2ccccn2)nn1. The average molecular weight is 309 g/mol. The maximum Gasteiger partial charge on any atom is 0.272 e. The highest BCUT2D eigenvalue weighted by atomic mass is 16.2. The van der Waals surface area contributed by atoms with E-state index in [-0.39, 0.29) is 11.9 Å². The fraction of sp³-hybridized carbons (Fsp3) is 0.412. The summed E-state index contributed by atoms with van der Waals surface area (Å²) in [6.45, 7) is 3.63. The summed E-state index contributed by atoms with van der Waals surface area (Å²) in [4.78, 5) is 21.2. The molecule has 0 unspecified atom stereocenters.